The quantitative estimate of drug-likeness (QED) is 0.161. The Hall–Kier alpha value is -3.47. The first kappa shape index (κ1) is 29.1. The molecule has 1 aliphatic carbocycles. The third kappa shape index (κ3) is 6.50. The Morgan fingerprint density at radius 3 is 2.63 bits per heavy atom. The summed E-state index contributed by atoms with van der Waals surface area (Å²) in [7, 11) is 0. The molecule has 13 nitrogen and oxygen atoms in total. The molecule has 7 N–H and O–H groups in total. The molecule has 38 heavy (non-hydrogen) atoms. The Morgan fingerprint density at radius 2 is 2.03 bits per heavy atom. The molecule has 0 unspecified atom stereocenters. The zero-order valence-electron chi connectivity index (χ0n) is 21.8. The summed E-state index contributed by atoms with van der Waals surface area (Å²) >= 11 is 0. The number of alkyl carbamates (subject to hydrolysis) is 1. The highest BCUT2D eigenvalue weighted by Gasteiger charge is 2.57. The molecule has 1 saturated heterocycles. The molecule has 1 aromatic rings. The molecule has 1 aliphatic heterocycles. The third-order valence-electron chi connectivity index (χ3n) is 6.66. The van der Waals surface area contributed by atoms with Gasteiger partial charge in [-0.2, -0.15) is 5.26 Å². The highest BCUT2D eigenvalue weighted by Crippen LogP contribution is 2.39. The van der Waals surface area contributed by atoms with E-state index >= 15 is 0 Å². The molecule has 0 spiro atoms. The number of H-pyrrole nitrogens is 1. The van der Waals surface area contributed by atoms with Crippen molar-refractivity contribution in [1.82, 2.24) is 10.3 Å². The number of aliphatic hydroxyl groups is 2. The maximum Gasteiger partial charge on any atom is 0.408 e. The summed E-state index contributed by atoms with van der Waals surface area (Å²) in [6.07, 6.45) is -0.545. The van der Waals surface area contributed by atoms with Gasteiger partial charge < -0.3 is 40.5 Å². The Kier molecular flexibility index (Phi) is 8.81. The molecule has 1 saturated carbocycles. The van der Waals surface area contributed by atoms with Crippen molar-refractivity contribution in [2.75, 3.05) is 6.61 Å². The summed E-state index contributed by atoms with van der Waals surface area (Å²) < 4.78 is 16.5. The van der Waals surface area contributed by atoms with Crippen LogP contribution < -0.4 is 11.1 Å². The fourth-order valence-electron chi connectivity index (χ4n) is 4.83. The zero-order chi connectivity index (χ0) is 28.1. The van der Waals surface area contributed by atoms with Gasteiger partial charge in [0, 0.05) is 0 Å². The number of carbonyl (C=O) groups excluding carboxylic acids is 2. The number of amides is 1. The van der Waals surface area contributed by atoms with E-state index in [1.54, 1.807) is 20.8 Å². The number of amidine groups is 1. The molecule has 0 aromatic carbocycles. The molecule has 2 fully saturated rings. The van der Waals surface area contributed by atoms with Crippen LogP contribution in [0.25, 0.3) is 0 Å². The summed E-state index contributed by atoms with van der Waals surface area (Å²) in [5, 5.41) is 41.1. The van der Waals surface area contributed by atoms with Crippen molar-refractivity contribution in [2.24, 2.45) is 10.7 Å². The van der Waals surface area contributed by atoms with Crippen molar-refractivity contribution in [3.63, 3.8) is 0 Å². The van der Waals surface area contributed by atoms with Gasteiger partial charge in [0.1, 0.15) is 48.8 Å². The summed E-state index contributed by atoms with van der Waals surface area (Å²) in [5.74, 6) is -0.644. The van der Waals surface area contributed by atoms with Gasteiger partial charge in [-0.25, -0.2) is 9.79 Å². The first-order chi connectivity index (χ1) is 17.8. The van der Waals surface area contributed by atoms with Crippen molar-refractivity contribution in [3.05, 3.63) is 23.5 Å². The number of aromatic nitrogens is 1. The number of nitrogens with two attached hydrogens (primary N) is 1. The number of hydrogen-bond donors (Lipinski definition) is 6. The van der Waals surface area contributed by atoms with E-state index in [0.29, 0.717) is 12.8 Å². The van der Waals surface area contributed by atoms with E-state index < -0.39 is 53.7 Å². The van der Waals surface area contributed by atoms with Gasteiger partial charge in [-0.1, -0.05) is 19.3 Å². The van der Waals surface area contributed by atoms with E-state index in [2.05, 4.69) is 15.3 Å². The van der Waals surface area contributed by atoms with Crippen molar-refractivity contribution >= 4 is 24.2 Å². The number of ether oxygens (including phenoxy) is 3. The van der Waals surface area contributed by atoms with Crippen molar-refractivity contribution in [1.29, 1.82) is 10.7 Å². The van der Waals surface area contributed by atoms with Crippen LogP contribution in [-0.4, -0.2) is 75.5 Å². The lowest BCUT2D eigenvalue weighted by Crippen LogP contribution is -2.52. The maximum absolute atomic E-state index is 12.8. The van der Waals surface area contributed by atoms with Gasteiger partial charge in [0.25, 0.3) is 0 Å². The fourth-order valence-corrected chi connectivity index (χ4v) is 4.83. The molecule has 13 heteroatoms. The van der Waals surface area contributed by atoms with Crippen LogP contribution >= 0.6 is 0 Å². The van der Waals surface area contributed by atoms with Gasteiger partial charge in [-0.15, -0.1) is 0 Å². The summed E-state index contributed by atoms with van der Waals surface area (Å²) in [4.78, 5) is 31.8. The lowest BCUT2D eigenvalue weighted by atomic mass is 9.79. The van der Waals surface area contributed by atoms with Gasteiger partial charge >= 0.3 is 12.1 Å². The van der Waals surface area contributed by atoms with E-state index in [0.717, 1.165) is 25.6 Å². The lowest BCUT2D eigenvalue weighted by Gasteiger charge is -2.37. The van der Waals surface area contributed by atoms with Crippen molar-refractivity contribution in [3.8, 4) is 6.07 Å². The molecule has 4 atom stereocenters. The van der Waals surface area contributed by atoms with Gasteiger partial charge in [0.05, 0.1) is 23.3 Å². The average molecular weight is 533 g/mol. The Morgan fingerprint density at radius 1 is 1.34 bits per heavy atom. The Labute approximate surface area is 220 Å². The minimum atomic E-state index is -1.98. The number of aromatic amines is 1. The summed E-state index contributed by atoms with van der Waals surface area (Å²) in [5.41, 5.74) is 2.67. The summed E-state index contributed by atoms with van der Waals surface area (Å²) in [6, 6.07) is 4.84. The van der Waals surface area contributed by atoms with Crippen molar-refractivity contribution < 1.29 is 34.0 Å². The second kappa shape index (κ2) is 11.5. The van der Waals surface area contributed by atoms with Gasteiger partial charge in [-0.05, 0) is 45.7 Å². The van der Waals surface area contributed by atoms with Gasteiger partial charge in [0.15, 0.2) is 0 Å². The molecule has 3 rings (SSSR count). The maximum atomic E-state index is 12.8. The van der Waals surface area contributed by atoms with E-state index in [1.165, 1.54) is 12.1 Å². The highest BCUT2D eigenvalue weighted by atomic mass is 16.6. The second-order valence-electron chi connectivity index (χ2n) is 10.7. The second-order valence-corrected chi connectivity index (χ2v) is 10.7. The highest BCUT2D eigenvalue weighted by molar-refractivity contribution is 5.99. The monoisotopic (exact) mass is 532 g/mol. The number of nitriles is 1. The van der Waals surface area contributed by atoms with Crippen LogP contribution in [0, 0.1) is 16.7 Å². The van der Waals surface area contributed by atoms with E-state index in [4.69, 9.17) is 25.4 Å². The van der Waals surface area contributed by atoms with Crippen LogP contribution in [-0.2, 0) is 24.6 Å². The smallest absolute Gasteiger partial charge is 0.408 e. The van der Waals surface area contributed by atoms with E-state index in [-0.39, 0.29) is 23.6 Å². The standard InChI is InChI=1S/C25H36N6O7/c1-23(2,3)38-22(35)31-24(9-5-4-6-10-24)11-18(32)36-12-16-19(33)20(34)25(13-26,37-16)17-8-7-15(30-17)21(28)29-14-27/h7-8,14,16,19-20,30,33-34H,4-6,9-12H2,1-3H3,(H,31,35)(H3,27,28,29)/t16-,19-,20-,25+/m1/s1. The topological polar surface area (TPSA) is 216 Å². The number of aliphatic imine (C=N–C) groups is 1. The molecule has 0 radical (unpaired) electrons. The van der Waals surface area contributed by atoms with Crippen LogP contribution in [0.4, 0.5) is 4.79 Å². The van der Waals surface area contributed by atoms with Gasteiger partial charge in [-0.3, -0.25) is 10.2 Å². The van der Waals surface area contributed by atoms with Crippen LogP contribution in [0.3, 0.4) is 0 Å². The molecular weight excluding hydrogens is 496 g/mol. The number of aliphatic hydroxyl groups excluding tert-OH is 2. The molecule has 1 aromatic heterocycles. The first-order valence-corrected chi connectivity index (χ1v) is 12.5. The van der Waals surface area contributed by atoms with E-state index in [1.807, 2.05) is 6.07 Å². The predicted octanol–water partition coefficient (Wildman–Crippen LogP) is 1.33. The molecule has 208 valence electrons. The minimum absolute atomic E-state index is 0.0190. The number of carbonyl (C=O) groups is 2. The van der Waals surface area contributed by atoms with Crippen LogP contribution in [0.2, 0.25) is 0 Å². The van der Waals surface area contributed by atoms with Crippen LogP contribution in [0.1, 0.15) is 70.7 Å². The van der Waals surface area contributed by atoms with Gasteiger partial charge in [0.2, 0.25) is 5.60 Å². The molecule has 2 heterocycles. The third-order valence-corrected chi connectivity index (χ3v) is 6.66. The van der Waals surface area contributed by atoms with Crippen molar-refractivity contribution in [2.45, 2.75) is 94.3 Å². The molecule has 2 aliphatic rings. The number of hydrogen-bond acceptors (Lipinski definition) is 9. The Balaban J connectivity index is 1.67. The van der Waals surface area contributed by atoms with Crippen LogP contribution in [0.5, 0.6) is 0 Å². The summed E-state index contributed by atoms with van der Waals surface area (Å²) in [6.45, 7) is 4.84. The number of rotatable bonds is 8. The number of nitrogens with one attached hydrogen (secondary N) is 3. The van der Waals surface area contributed by atoms with Crippen LogP contribution in [0.15, 0.2) is 17.1 Å². The minimum Gasteiger partial charge on any atom is -0.463 e. The number of esters is 1. The Bertz CT molecular complexity index is 1100. The normalized spacial score (nSPS) is 27.3. The first-order valence-electron chi connectivity index (χ1n) is 12.5. The largest absolute Gasteiger partial charge is 0.463 e. The predicted molar refractivity (Wildman–Crippen MR) is 135 cm³/mol. The lowest BCUT2D eigenvalue weighted by molar-refractivity contribution is -0.152. The zero-order valence-corrected chi connectivity index (χ0v) is 21.8. The SMILES string of the molecule is CC(C)(C)OC(=O)NC1(CC(=O)OC[C@H]2O[C@@](C#N)(c3ccc(C(N)=NC=N)[nH]3)[C@H](O)[C@@H]2O)CCCCC1. The average Bonchev–Trinajstić information content (AvgIpc) is 3.42. The number of nitrogens with zero attached hydrogens (tertiary/aromatic N) is 2. The molecule has 1 amide bonds. The molecular formula is C25H36N6O7. The fraction of sp³-hybridized carbons (Fsp3) is 0.640. The van der Waals surface area contributed by atoms with E-state index in [9.17, 15) is 25.1 Å². The molecule has 0 bridgehead atoms.